The Morgan fingerprint density at radius 1 is 1.24 bits per heavy atom. The molecule has 2 unspecified atom stereocenters. The summed E-state index contributed by atoms with van der Waals surface area (Å²) in [7, 11) is 1.78. The minimum atomic E-state index is -0.362. The Hall–Kier alpha value is -2.11. The number of hydrogen-bond donors (Lipinski definition) is 2. The predicted octanol–water partition coefficient (Wildman–Crippen LogP) is 2.42. The molecule has 6 heteroatoms. The Balaban J connectivity index is 1.79. The second-order valence-electron chi connectivity index (χ2n) is 7.04. The molecule has 0 aromatic heterocycles. The number of benzene rings is 1. The number of hydrogen-bond acceptors (Lipinski definition) is 2. The zero-order valence-electron chi connectivity index (χ0n) is 15.6. The topological polar surface area (TPSA) is 56.7 Å². The van der Waals surface area contributed by atoms with Crippen molar-refractivity contribution in [3.63, 3.8) is 0 Å². The van der Waals surface area contributed by atoms with E-state index < -0.39 is 0 Å². The van der Waals surface area contributed by atoms with Gasteiger partial charge in [0.25, 0.3) is 5.91 Å². The van der Waals surface area contributed by atoms with Gasteiger partial charge in [-0.3, -0.25) is 9.79 Å². The van der Waals surface area contributed by atoms with Crippen LogP contribution in [-0.2, 0) is 0 Å². The van der Waals surface area contributed by atoms with Crippen molar-refractivity contribution in [3.8, 4) is 0 Å². The van der Waals surface area contributed by atoms with Crippen LogP contribution >= 0.6 is 0 Å². The summed E-state index contributed by atoms with van der Waals surface area (Å²) < 4.78 is 13.5. The average Bonchev–Trinajstić information content (AvgIpc) is 2.56. The van der Waals surface area contributed by atoms with Crippen LogP contribution in [0.15, 0.2) is 23.2 Å². The number of aryl methyl sites for hydroxylation is 1. The molecule has 0 spiro atoms. The van der Waals surface area contributed by atoms with Crippen molar-refractivity contribution in [1.82, 2.24) is 15.5 Å². The average molecular weight is 348 g/mol. The van der Waals surface area contributed by atoms with E-state index in [0.717, 1.165) is 19.0 Å². The highest BCUT2D eigenvalue weighted by atomic mass is 19.1. The second-order valence-corrected chi connectivity index (χ2v) is 7.04. The number of rotatable bonds is 4. The van der Waals surface area contributed by atoms with E-state index in [1.165, 1.54) is 12.5 Å². The molecular formula is C19H29FN4O. The van der Waals surface area contributed by atoms with E-state index in [-0.39, 0.29) is 11.7 Å². The van der Waals surface area contributed by atoms with Gasteiger partial charge in [-0.15, -0.1) is 0 Å². The highest BCUT2D eigenvalue weighted by Crippen LogP contribution is 2.20. The van der Waals surface area contributed by atoms with E-state index in [4.69, 9.17) is 0 Å². The first-order valence-corrected chi connectivity index (χ1v) is 8.90. The number of halogens is 1. The molecule has 1 aromatic rings. The first-order valence-electron chi connectivity index (χ1n) is 8.90. The normalized spacial score (nSPS) is 21.2. The van der Waals surface area contributed by atoms with E-state index in [0.29, 0.717) is 36.1 Å². The number of amides is 1. The van der Waals surface area contributed by atoms with Gasteiger partial charge < -0.3 is 15.5 Å². The molecule has 1 heterocycles. The van der Waals surface area contributed by atoms with Crippen LogP contribution in [0.1, 0.15) is 36.2 Å². The number of piperidine rings is 1. The molecule has 2 rings (SSSR count). The van der Waals surface area contributed by atoms with Gasteiger partial charge in [0.15, 0.2) is 5.96 Å². The lowest BCUT2D eigenvalue weighted by Crippen LogP contribution is -2.49. The summed E-state index contributed by atoms with van der Waals surface area (Å²) in [5, 5.41) is 6.10. The summed E-state index contributed by atoms with van der Waals surface area (Å²) in [6.45, 7) is 9.22. The molecule has 1 saturated heterocycles. The summed E-state index contributed by atoms with van der Waals surface area (Å²) in [6.07, 6.45) is 1.25. The molecule has 0 radical (unpaired) electrons. The maximum absolute atomic E-state index is 13.5. The lowest BCUT2D eigenvalue weighted by molar-refractivity contribution is 0.0953. The molecule has 0 saturated carbocycles. The van der Waals surface area contributed by atoms with Crippen LogP contribution in [0, 0.1) is 24.6 Å². The van der Waals surface area contributed by atoms with Gasteiger partial charge in [-0.2, -0.15) is 0 Å². The third-order valence-electron chi connectivity index (χ3n) is 4.51. The molecule has 25 heavy (non-hydrogen) atoms. The van der Waals surface area contributed by atoms with Crippen LogP contribution < -0.4 is 10.6 Å². The molecule has 2 N–H and O–H groups in total. The number of carbonyl (C=O) groups is 1. The number of nitrogens with zero attached hydrogens (tertiary/aromatic N) is 2. The fourth-order valence-electron chi connectivity index (χ4n) is 3.35. The summed E-state index contributed by atoms with van der Waals surface area (Å²) >= 11 is 0. The standard InChI is InChI=1S/C19H29FN4O/c1-13-9-14(2)12-24(11-13)19(21-4)23-8-7-22-18(25)16-6-5-15(3)17(20)10-16/h5-6,10,13-14H,7-9,11-12H2,1-4H3,(H,21,23)(H,22,25). The Bertz CT molecular complexity index is 622. The van der Waals surface area contributed by atoms with E-state index >= 15 is 0 Å². The number of guanidine groups is 1. The van der Waals surface area contributed by atoms with Crippen LogP contribution in [0.5, 0.6) is 0 Å². The smallest absolute Gasteiger partial charge is 0.251 e. The number of nitrogens with one attached hydrogen (secondary N) is 2. The molecule has 0 bridgehead atoms. The lowest BCUT2D eigenvalue weighted by atomic mass is 9.92. The predicted molar refractivity (Wildman–Crippen MR) is 99.3 cm³/mol. The van der Waals surface area contributed by atoms with Crippen LogP contribution in [0.4, 0.5) is 4.39 Å². The zero-order chi connectivity index (χ0) is 18.4. The lowest BCUT2D eigenvalue weighted by Gasteiger charge is -2.37. The van der Waals surface area contributed by atoms with E-state index in [2.05, 4.69) is 34.4 Å². The summed E-state index contributed by atoms with van der Waals surface area (Å²) in [5.41, 5.74) is 0.873. The number of carbonyl (C=O) groups excluding carboxylic acids is 1. The number of likely N-dealkylation sites (tertiary alicyclic amines) is 1. The van der Waals surface area contributed by atoms with Crippen molar-refractivity contribution < 1.29 is 9.18 Å². The third-order valence-corrected chi connectivity index (χ3v) is 4.51. The van der Waals surface area contributed by atoms with E-state index in [1.54, 1.807) is 26.1 Å². The highest BCUT2D eigenvalue weighted by molar-refractivity contribution is 5.94. The van der Waals surface area contributed by atoms with Gasteiger partial charge in [0.1, 0.15) is 5.82 Å². The number of aliphatic imine (C=N–C) groups is 1. The van der Waals surface area contributed by atoms with Crippen molar-refractivity contribution in [2.75, 3.05) is 33.2 Å². The van der Waals surface area contributed by atoms with Crippen molar-refractivity contribution in [3.05, 3.63) is 35.1 Å². The highest BCUT2D eigenvalue weighted by Gasteiger charge is 2.23. The molecule has 1 aliphatic heterocycles. The molecule has 1 aromatic carbocycles. The van der Waals surface area contributed by atoms with Gasteiger partial charge in [-0.05, 0) is 42.9 Å². The largest absolute Gasteiger partial charge is 0.354 e. The fraction of sp³-hybridized carbons (Fsp3) is 0.579. The fourth-order valence-corrected chi connectivity index (χ4v) is 3.35. The minimum absolute atomic E-state index is 0.268. The molecule has 2 atom stereocenters. The van der Waals surface area contributed by atoms with Gasteiger partial charge in [0.05, 0.1) is 0 Å². The summed E-state index contributed by atoms with van der Waals surface area (Å²) in [5.74, 6) is 1.54. The minimum Gasteiger partial charge on any atom is -0.354 e. The van der Waals surface area contributed by atoms with Gasteiger partial charge in [-0.1, -0.05) is 19.9 Å². The quantitative estimate of drug-likeness (QED) is 0.499. The molecule has 0 aliphatic carbocycles. The SMILES string of the molecule is CN=C(NCCNC(=O)c1ccc(C)c(F)c1)N1CC(C)CC(C)C1. The Kier molecular flexibility index (Phi) is 6.79. The van der Waals surface area contributed by atoms with Crippen molar-refractivity contribution in [2.45, 2.75) is 27.2 Å². The zero-order valence-corrected chi connectivity index (χ0v) is 15.6. The third kappa shape index (κ3) is 5.44. The Labute approximate surface area is 149 Å². The second kappa shape index (κ2) is 8.83. The first-order chi connectivity index (χ1) is 11.9. The van der Waals surface area contributed by atoms with Crippen molar-refractivity contribution in [1.29, 1.82) is 0 Å². The molecular weight excluding hydrogens is 319 g/mol. The van der Waals surface area contributed by atoms with Crippen LogP contribution in [-0.4, -0.2) is 50.0 Å². The van der Waals surface area contributed by atoms with Crippen LogP contribution in [0.3, 0.4) is 0 Å². The molecule has 138 valence electrons. The van der Waals surface area contributed by atoms with E-state index in [1.807, 2.05) is 0 Å². The van der Waals surface area contributed by atoms with Gasteiger partial charge in [-0.25, -0.2) is 4.39 Å². The summed E-state index contributed by atoms with van der Waals surface area (Å²) in [6, 6.07) is 4.52. The van der Waals surface area contributed by atoms with Gasteiger partial charge >= 0.3 is 0 Å². The monoisotopic (exact) mass is 348 g/mol. The Morgan fingerprint density at radius 3 is 2.48 bits per heavy atom. The van der Waals surface area contributed by atoms with Crippen molar-refractivity contribution in [2.24, 2.45) is 16.8 Å². The van der Waals surface area contributed by atoms with E-state index in [9.17, 15) is 9.18 Å². The maximum atomic E-state index is 13.5. The first kappa shape index (κ1) is 19.2. The van der Waals surface area contributed by atoms with Gasteiger partial charge in [0.2, 0.25) is 0 Å². The van der Waals surface area contributed by atoms with Crippen LogP contribution in [0.2, 0.25) is 0 Å². The molecule has 1 fully saturated rings. The Morgan fingerprint density at radius 2 is 1.88 bits per heavy atom. The van der Waals surface area contributed by atoms with Crippen LogP contribution in [0.25, 0.3) is 0 Å². The summed E-state index contributed by atoms with van der Waals surface area (Å²) in [4.78, 5) is 18.7. The maximum Gasteiger partial charge on any atom is 0.251 e. The molecule has 5 nitrogen and oxygen atoms in total. The van der Waals surface area contributed by atoms with Gasteiger partial charge in [0, 0.05) is 38.8 Å². The molecule has 1 amide bonds. The molecule has 1 aliphatic rings. The van der Waals surface area contributed by atoms with Crippen molar-refractivity contribution >= 4 is 11.9 Å².